The van der Waals surface area contributed by atoms with Crippen LogP contribution in [0.5, 0.6) is 5.75 Å². The van der Waals surface area contributed by atoms with Gasteiger partial charge in [-0.3, -0.25) is 4.90 Å². The number of likely N-dealkylation sites (tertiary alicyclic amines) is 1. The lowest BCUT2D eigenvalue weighted by atomic mass is 10.0. The molecule has 1 heterocycles. The van der Waals surface area contributed by atoms with Crippen molar-refractivity contribution in [1.29, 1.82) is 0 Å². The van der Waals surface area contributed by atoms with Gasteiger partial charge in [0.2, 0.25) is 0 Å². The van der Waals surface area contributed by atoms with E-state index in [-0.39, 0.29) is 0 Å². The largest absolute Gasteiger partial charge is 0.494 e. The minimum atomic E-state index is -0.430. The first-order chi connectivity index (χ1) is 9.51. The first-order valence-corrected chi connectivity index (χ1v) is 7.67. The number of rotatable bonds is 5. The van der Waals surface area contributed by atoms with E-state index in [1.165, 1.54) is 5.56 Å². The van der Waals surface area contributed by atoms with E-state index in [1.807, 2.05) is 19.1 Å². The predicted molar refractivity (Wildman–Crippen MR) is 81.8 cm³/mol. The van der Waals surface area contributed by atoms with E-state index in [0.717, 1.165) is 42.8 Å². The molecule has 1 fully saturated rings. The molecule has 0 aromatic heterocycles. The highest BCUT2D eigenvalue weighted by molar-refractivity contribution is 5.38. The van der Waals surface area contributed by atoms with Crippen molar-refractivity contribution in [3.63, 3.8) is 0 Å². The van der Waals surface area contributed by atoms with Crippen LogP contribution in [-0.4, -0.2) is 29.7 Å². The van der Waals surface area contributed by atoms with Crippen LogP contribution >= 0.6 is 0 Å². The predicted octanol–water partition coefficient (Wildman–Crippen LogP) is 3.23. The molecule has 1 N–H and O–H groups in total. The Hall–Kier alpha value is -1.06. The molecule has 0 aliphatic carbocycles. The Labute approximate surface area is 122 Å². The van der Waals surface area contributed by atoms with Crippen molar-refractivity contribution in [2.75, 3.05) is 19.7 Å². The molecule has 0 saturated carbocycles. The minimum Gasteiger partial charge on any atom is -0.494 e. The summed E-state index contributed by atoms with van der Waals surface area (Å²) < 4.78 is 5.73. The lowest BCUT2D eigenvalue weighted by molar-refractivity contribution is 0.198. The van der Waals surface area contributed by atoms with Crippen LogP contribution in [0, 0.1) is 11.8 Å². The molecule has 3 nitrogen and oxygen atoms in total. The summed E-state index contributed by atoms with van der Waals surface area (Å²) in [5.41, 5.74) is 2.15. The van der Waals surface area contributed by atoms with Crippen LogP contribution in [0.4, 0.5) is 0 Å². The van der Waals surface area contributed by atoms with Crippen LogP contribution in [0.15, 0.2) is 18.2 Å². The van der Waals surface area contributed by atoms with Crippen molar-refractivity contribution < 1.29 is 9.84 Å². The topological polar surface area (TPSA) is 32.7 Å². The van der Waals surface area contributed by atoms with Gasteiger partial charge in [0.25, 0.3) is 0 Å². The number of ether oxygens (including phenoxy) is 1. The Balaban J connectivity index is 2.17. The zero-order valence-corrected chi connectivity index (χ0v) is 13.1. The van der Waals surface area contributed by atoms with Gasteiger partial charge in [0.1, 0.15) is 5.75 Å². The smallest absolute Gasteiger partial charge is 0.123 e. The van der Waals surface area contributed by atoms with Gasteiger partial charge >= 0.3 is 0 Å². The van der Waals surface area contributed by atoms with Gasteiger partial charge in [0.15, 0.2) is 0 Å². The molecule has 2 rings (SSSR count). The first-order valence-electron chi connectivity index (χ1n) is 7.67. The number of aliphatic hydroxyl groups excluding tert-OH is 1. The second-order valence-electron chi connectivity index (χ2n) is 6.12. The van der Waals surface area contributed by atoms with Crippen LogP contribution in [-0.2, 0) is 6.54 Å². The fourth-order valence-corrected chi connectivity index (χ4v) is 2.90. The minimum absolute atomic E-state index is 0.430. The highest BCUT2D eigenvalue weighted by atomic mass is 16.5. The molecule has 3 atom stereocenters. The van der Waals surface area contributed by atoms with E-state index < -0.39 is 6.10 Å². The molecule has 0 radical (unpaired) electrons. The van der Waals surface area contributed by atoms with Crippen molar-refractivity contribution in [3.05, 3.63) is 29.3 Å². The van der Waals surface area contributed by atoms with Crippen LogP contribution < -0.4 is 4.74 Å². The molecule has 1 aromatic carbocycles. The molecular formula is C17H27NO2. The summed E-state index contributed by atoms with van der Waals surface area (Å²) in [5.74, 6) is 2.46. The van der Waals surface area contributed by atoms with E-state index in [9.17, 15) is 5.11 Å². The molecule has 1 aromatic rings. The average molecular weight is 277 g/mol. The van der Waals surface area contributed by atoms with Crippen LogP contribution in [0.3, 0.4) is 0 Å². The molecule has 0 spiro atoms. The second kappa shape index (κ2) is 6.59. The molecule has 3 heteroatoms. The van der Waals surface area contributed by atoms with Crippen molar-refractivity contribution in [3.8, 4) is 5.75 Å². The molecule has 0 bridgehead atoms. The van der Waals surface area contributed by atoms with Gasteiger partial charge in [-0.15, -0.1) is 0 Å². The Kier molecular flexibility index (Phi) is 5.06. The van der Waals surface area contributed by atoms with E-state index >= 15 is 0 Å². The third kappa shape index (κ3) is 3.53. The van der Waals surface area contributed by atoms with E-state index in [1.54, 1.807) is 6.92 Å². The Morgan fingerprint density at radius 3 is 2.50 bits per heavy atom. The summed E-state index contributed by atoms with van der Waals surface area (Å²) in [4.78, 5) is 2.49. The summed E-state index contributed by atoms with van der Waals surface area (Å²) >= 11 is 0. The van der Waals surface area contributed by atoms with E-state index in [2.05, 4.69) is 24.8 Å². The van der Waals surface area contributed by atoms with Gasteiger partial charge in [0.05, 0.1) is 12.7 Å². The fourth-order valence-electron chi connectivity index (χ4n) is 2.90. The zero-order valence-electron chi connectivity index (χ0n) is 13.1. The molecule has 20 heavy (non-hydrogen) atoms. The number of hydrogen-bond donors (Lipinski definition) is 1. The summed E-state index contributed by atoms with van der Waals surface area (Å²) in [7, 11) is 0. The summed E-state index contributed by atoms with van der Waals surface area (Å²) in [6, 6.07) is 6.03. The first kappa shape index (κ1) is 15.3. The fraction of sp³-hybridized carbons (Fsp3) is 0.647. The van der Waals surface area contributed by atoms with Gasteiger partial charge < -0.3 is 9.84 Å². The van der Waals surface area contributed by atoms with E-state index in [4.69, 9.17) is 4.74 Å². The van der Waals surface area contributed by atoms with Crippen LogP contribution in [0.2, 0.25) is 0 Å². The van der Waals surface area contributed by atoms with Gasteiger partial charge in [-0.2, -0.15) is 0 Å². The monoisotopic (exact) mass is 277 g/mol. The maximum absolute atomic E-state index is 9.76. The average Bonchev–Trinajstić information content (AvgIpc) is 2.70. The van der Waals surface area contributed by atoms with Crippen molar-refractivity contribution in [2.24, 2.45) is 11.8 Å². The standard InChI is InChI=1S/C17H27NO2/c1-5-20-17-7-6-15(14(4)19)8-16(17)11-18-9-12(2)13(3)10-18/h6-8,12-14,19H,5,9-11H2,1-4H3. The number of aliphatic hydroxyl groups is 1. The van der Waals surface area contributed by atoms with Gasteiger partial charge in [0, 0.05) is 25.2 Å². The summed E-state index contributed by atoms with van der Waals surface area (Å²) in [5, 5.41) is 9.76. The van der Waals surface area contributed by atoms with Crippen molar-refractivity contribution in [2.45, 2.75) is 40.3 Å². The number of hydrogen-bond acceptors (Lipinski definition) is 3. The summed E-state index contributed by atoms with van der Waals surface area (Å²) in [6.07, 6.45) is -0.430. The van der Waals surface area contributed by atoms with Crippen molar-refractivity contribution in [1.82, 2.24) is 4.90 Å². The quantitative estimate of drug-likeness (QED) is 0.897. The number of benzene rings is 1. The van der Waals surface area contributed by atoms with E-state index in [0.29, 0.717) is 6.61 Å². The molecule has 1 aliphatic heterocycles. The van der Waals surface area contributed by atoms with Gasteiger partial charge in [-0.25, -0.2) is 0 Å². The molecule has 112 valence electrons. The normalized spacial score (nSPS) is 24.9. The maximum atomic E-state index is 9.76. The highest BCUT2D eigenvalue weighted by Crippen LogP contribution is 2.29. The molecule has 1 saturated heterocycles. The molecular weight excluding hydrogens is 250 g/mol. The second-order valence-corrected chi connectivity index (χ2v) is 6.12. The molecule has 1 aliphatic rings. The van der Waals surface area contributed by atoms with Gasteiger partial charge in [-0.1, -0.05) is 19.9 Å². The molecule has 0 amide bonds. The summed E-state index contributed by atoms with van der Waals surface area (Å²) in [6.45, 7) is 12.3. The Morgan fingerprint density at radius 1 is 1.30 bits per heavy atom. The third-order valence-electron chi connectivity index (χ3n) is 4.32. The zero-order chi connectivity index (χ0) is 14.7. The number of nitrogens with zero attached hydrogens (tertiary/aromatic N) is 1. The SMILES string of the molecule is CCOc1ccc(C(C)O)cc1CN1CC(C)C(C)C1. The Bertz CT molecular complexity index is 435. The van der Waals surface area contributed by atoms with Gasteiger partial charge in [-0.05, 0) is 43.4 Å². The van der Waals surface area contributed by atoms with Crippen molar-refractivity contribution >= 4 is 0 Å². The van der Waals surface area contributed by atoms with Crippen LogP contribution in [0.25, 0.3) is 0 Å². The lowest BCUT2D eigenvalue weighted by Gasteiger charge is -2.19. The lowest BCUT2D eigenvalue weighted by Crippen LogP contribution is -2.20. The maximum Gasteiger partial charge on any atom is 0.123 e. The third-order valence-corrected chi connectivity index (χ3v) is 4.32. The molecule has 3 unspecified atom stereocenters. The highest BCUT2D eigenvalue weighted by Gasteiger charge is 2.26. The Morgan fingerprint density at radius 2 is 1.95 bits per heavy atom. The van der Waals surface area contributed by atoms with Crippen LogP contribution in [0.1, 0.15) is 44.9 Å².